The van der Waals surface area contributed by atoms with Crippen LogP contribution in [0.3, 0.4) is 0 Å². The third kappa shape index (κ3) is 4.99. The molecule has 6 heteroatoms. The predicted octanol–water partition coefficient (Wildman–Crippen LogP) is 7.70. The van der Waals surface area contributed by atoms with Gasteiger partial charge < -0.3 is 5.73 Å². The molecule has 1 atom stereocenters. The minimum absolute atomic E-state index is 0.0930. The normalized spacial score (nSPS) is 17.5. The number of allylic oxidation sites excluding steroid dienone is 3. The summed E-state index contributed by atoms with van der Waals surface area (Å²) in [5.74, 6) is 1.78. The highest BCUT2D eigenvalue weighted by molar-refractivity contribution is 7.97. The maximum absolute atomic E-state index is 13.5. The van der Waals surface area contributed by atoms with E-state index in [1.54, 1.807) is 12.1 Å². The van der Waals surface area contributed by atoms with E-state index in [9.17, 15) is 10.1 Å². The lowest BCUT2D eigenvalue weighted by atomic mass is 9.74. The largest absolute Gasteiger partial charge is 0.384 e. The third-order valence-corrected chi connectivity index (χ3v) is 8.71. The predicted molar refractivity (Wildman–Crippen MR) is 157 cm³/mol. The third-order valence-electron chi connectivity index (χ3n) is 7.40. The van der Waals surface area contributed by atoms with Gasteiger partial charge in [0.1, 0.15) is 5.82 Å². The summed E-state index contributed by atoms with van der Waals surface area (Å²) in [6, 6.07) is 24.6. The number of carbonyl (C=O) groups is 1. The Labute approximate surface area is 233 Å². The Morgan fingerprint density at radius 3 is 2.47 bits per heavy atom. The van der Waals surface area contributed by atoms with Gasteiger partial charge in [0.15, 0.2) is 5.78 Å². The fourth-order valence-corrected chi connectivity index (χ4v) is 6.71. The number of hydrogen-bond donors (Lipinski definition) is 1. The van der Waals surface area contributed by atoms with Gasteiger partial charge in [-0.15, -0.1) is 0 Å². The first-order chi connectivity index (χ1) is 18.4. The van der Waals surface area contributed by atoms with Crippen LogP contribution in [0.15, 0.2) is 89.4 Å². The molecule has 1 heterocycles. The van der Waals surface area contributed by atoms with Crippen molar-refractivity contribution in [1.29, 1.82) is 5.26 Å². The number of halogens is 1. The molecule has 1 aliphatic heterocycles. The molecule has 192 valence electrons. The fourth-order valence-electron chi connectivity index (χ4n) is 5.52. The number of hydrogen-bond acceptors (Lipinski definition) is 5. The number of ketones is 1. The molecule has 0 radical (unpaired) electrons. The van der Waals surface area contributed by atoms with Gasteiger partial charge in [-0.3, -0.25) is 9.69 Å². The van der Waals surface area contributed by atoms with Crippen molar-refractivity contribution in [3.05, 3.63) is 122 Å². The number of aryl methyl sites for hydroxylation is 2. The quantitative estimate of drug-likeness (QED) is 0.347. The Hall–Kier alpha value is -3.46. The Morgan fingerprint density at radius 1 is 1.03 bits per heavy atom. The SMILES string of the molecule is Cc1cc(C)c(C2C(C#N)=C(N)N(c3ccc(Cl)cc3)C3=C2C(=O)CCC3)cc1CSCc1ccccc1. The first-order valence-corrected chi connectivity index (χ1v) is 14.4. The molecule has 4 nitrogen and oxygen atoms in total. The van der Waals surface area contributed by atoms with Gasteiger partial charge in [-0.2, -0.15) is 17.0 Å². The van der Waals surface area contributed by atoms with E-state index < -0.39 is 5.92 Å². The number of nitrogens with zero attached hydrogens (tertiary/aromatic N) is 2. The van der Waals surface area contributed by atoms with Gasteiger partial charge in [-0.05, 0) is 78.8 Å². The minimum atomic E-state index is -0.468. The van der Waals surface area contributed by atoms with Gasteiger partial charge in [0.2, 0.25) is 0 Å². The number of nitriles is 1. The van der Waals surface area contributed by atoms with Crippen LogP contribution in [0.4, 0.5) is 5.69 Å². The second kappa shape index (κ2) is 11.1. The van der Waals surface area contributed by atoms with Crippen LogP contribution >= 0.6 is 23.4 Å². The van der Waals surface area contributed by atoms with E-state index in [1.807, 2.05) is 34.9 Å². The zero-order chi connectivity index (χ0) is 26.8. The number of carbonyl (C=O) groups excluding carboxylic acids is 1. The van der Waals surface area contributed by atoms with E-state index in [0.717, 1.165) is 46.9 Å². The monoisotopic (exact) mass is 539 g/mol. The van der Waals surface area contributed by atoms with Crippen LogP contribution in [0.25, 0.3) is 0 Å². The second-order valence-electron chi connectivity index (χ2n) is 9.91. The summed E-state index contributed by atoms with van der Waals surface area (Å²) in [6.45, 7) is 4.19. The van der Waals surface area contributed by atoms with Crippen molar-refractivity contribution >= 4 is 34.8 Å². The maximum Gasteiger partial charge on any atom is 0.161 e. The standard InChI is InChI=1S/C32H30ClN3OS/c1-20-15-21(2)26(16-23(20)19-38-18-22-7-4-3-5-8-22)30-27(17-34)32(35)36(25-13-11-24(33)12-14-25)28-9-6-10-29(37)31(28)30/h3-5,7-8,11-16,30H,6,9-10,18-19,35H2,1-2H3. The number of rotatable bonds is 6. The van der Waals surface area contributed by atoms with Crippen molar-refractivity contribution in [3.63, 3.8) is 0 Å². The molecular formula is C32H30ClN3OS. The molecule has 5 rings (SSSR count). The van der Waals surface area contributed by atoms with Gasteiger partial charge in [-0.25, -0.2) is 0 Å². The van der Waals surface area contributed by atoms with Gasteiger partial charge in [0, 0.05) is 39.9 Å². The van der Waals surface area contributed by atoms with Crippen LogP contribution in [0.1, 0.15) is 53.0 Å². The summed E-state index contributed by atoms with van der Waals surface area (Å²) in [5, 5.41) is 11.0. The lowest BCUT2D eigenvalue weighted by Gasteiger charge is -2.40. The van der Waals surface area contributed by atoms with Crippen LogP contribution < -0.4 is 10.6 Å². The number of anilines is 1. The Bertz CT molecular complexity index is 1490. The van der Waals surface area contributed by atoms with Crippen LogP contribution in [-0.4, -0.2) is 5.78 Å². The van der Waals surface area contributed by atoms with Crippen LogP contribution in [0.5, 0.6) is 0 Å². The van der Waals surface area contributed by atoms with Crippen LogP contribution in [-0.2, 0) is 16.3 Å². The van der Waals surface area contributed by atoms with E-state index in [2.05, 4.69) is 56.3 Å². The number of benzene rings is 3. The summed E-state index contributed by atoms with van der Waals surface area (Å²) in [4.78, 5) is 15.4. The maximum atomic E-state index is 13.5. The molecule has 2 N–H and O–H groups in total. The van der Waals surface area contributed by atoms with Crippen molar-refractivity contribution in [2.45, 2.75) is 50.5 Å². The first kappa shape index (κ1) is 26.2. The van der Waals surface area contributed by atoms with Crippen molar-refractivity contribution < 1.29 is 4.79 Å². The molecular weight excluding hydrogens is 510 g/mol. The van der Waals surface area contributed by atoms with Crippen LogP contribution in [0, 0.1) is 25.2 Å². The zero-order valence-electron chi connectivity index (χ0n) is 21.6. The Kier molecular flexibility index (Phi) is 7.65. The average Bonchev–Trinajstić information content (AvgIpc) is 2.91. The molecule has 0 saturated heterocycles. The topological polar surface area (TPSA) is 70.1 Å². The summed E-state index contributed by atoms with van der Waals surface area (Å²) >= 11 is 8.01. The molecule has 0 saturated carbocycles. The van der Waals surface area contributed by atoms with Crippen molar-refractivity contribution in [1.82, 2.24) is 0 Å². The lowest BCUT2D eigenvalue weighted by molar-refractivity contribution is -0.116. The highest BCUT2D eigenvalue weighted by atomic mass is 35.5. The molecule has 1 aliphatic carbocycles. The molecule has 3 aromatic rings. The summed E-state index contributed by atoms with van der Waals surface area (Å²) in [7, 11) is 0. The van der Waals surface area contributed by atoms with Crippen LogP contribution in [0.2, 0.25) is 5.02 Å². The molecule has 0 aromatic heterocycles. The highest BCUT2D eigenvalue weighted by Crippen LogP contribution is 2.47. The zero-order valence-corrected chi connectivity index (χ0v) is 23.2. The van der Waals surface area contributed by atoms with Gasteiger partial charge >= 0.3 is 0 Å². The highest BCUT2D eigenvalue weighted by Gasteiger charge is 2.40. The molecule has 1 unspecified atom stereocenters. The molecule has 0 fully saturated rings. The molecule has 2 aliphatic rings. The molecule has 3 aromatic carbocycles. The van der Waals surface area contributed by atoms with E-state index >= 15 is 0 Å². The van der Waals surface area contributed by atoms with E-state index in [0.29, 0.717) is 28.4 Å². The Morgan fingerprint density at radius 2 is 1.76 bits per heavy atom. The molecule has 0 spiro atoms. The van der Waals surface area contributed by atoms with Gasteiger partial charge in [-0.1, -0.05) is 54.1 Å². The lowest BCUT2D eigenvalue weighted by Crippen LogP contribution is -2.38. The average molecular weight is 540 g/mol. The van der Waals surface area contributed by atoms with Crippen molar-refractivity contribution in [2.24, 2.45) is 5.73 Å². The van der Waals surface area contributed by atoms with Crippen molar-refractivity contribution in [2.75, 3.05) is 4.90 Å². The minimum Gasteiger partial charge on any atom is -0.384 e. The molecule has 0 amide bonds. The summed E-state index contributed by atoms with van der Waals surface area (Å²) in [6.07, 6.45) is 1.97. The first-order valence-electron chi connectivity index (χ1n) is 12.8. The van der Waals surface area contributed by atoms with Gasteiger partial charge in [0.05, 0.1) is 17.6 Å². The van der Waals surface area contributed by atoms with Crippen molar-refractivity contribution in [3.8, 4) is 6.07 Å². The number of Topliss-reactive ketones (excluding diaryl/α,β-unsaturated/α-hetero) is 1. The van der Waals surface area contributed by atoms with E-state index in [1.165, 1.54) is 16.7 Å². The summed E-state index contributed by atoms with van der Waals surface area (Å²) < 4.78 is 0. The molecule has 38 heavy (non-hydrogen) atoms. The van der Waals surface area contributed by atoms with Gasteiger partial charge in [0.25, 0.3) is 0 Å². The van der Waals surface area contributed by atoms with E-state index in [4.69, 9.17) is 17.3 Å². The smallest absolute Gasteiger partial charge is 0.161 e. The number of nitrogens with two attached hydrogens (primary N) is 1. The fraction of sp³-hybridized carbons (Fsp3) is 0.250. The second-order valence-corrected chi connectivity index (χ2v) is 11.3. The summed E-state index contributed by atoms with van der Waals surface area (Å²) in [5.41, 5.74) is 15.3. The van der Waals surface area contributed by atoms with E-state index in [-0.39, 0.29) is 5.78 Å². The molecule has 0 bridgehead atoms. The Balaban J connectivity index is 1.58. The number of thioether (sulfide) groups is 1.